The van der Waals surface area contributed by atoms with Crippen LogP contribution in [0, 0.1) is 0 Å². The van der Waals surface area contributed by atoms with E-state index in [4.69, 9.17) is 27.9 Å². The smallest absolute Gasteiger partial charge is 0.276 e. The van der Waals surface area contributed by atoms with Crippen LogP contribution in [0.25, 0.3) is 0 Å². The van der Waals surface area contributed by atoms with Crippen molar-refractivity contribution in [2.75, 3.05) is 6.61 Å². The third-order valence-electron chi connectivity index (χ3n) is 3.47. The number of halogens is 3. The second-order valence-electron chi connectivity index (χ2n) is 5.76. The first-order valence-corrected chi connectivity index (χ1v) is 9.29. The molecule has 2 aromatic carbocycles. The summed E-state index contributed by atoms with van der Waals surface area (Å²) in [6.07, 6.45) is 0. The lowest BCUT2D eigenvalue weighted by atomic mass is 10.0. The minimum Gasteiger partial charge on any atom is -0.483 e. The molecule has 0 aliphatic carbocycles. The lowest BCUT2D eigenvalue weighted by molar-refractivity contribution is -0.123. The molecule has 0 heterocycles. The van der Waals surface area contributed by atoms with Crippen molar-refractivity contribution in [2.24, 2.45) is 0 Å². The van der Waals surface area contributed by atoms with Crippen molar-refractivity contribution in [2.45, 2.75) is 19.8 Å². The van der Waals surface area contributed by atoms with Gasteiger partial charge in [-0.1, -0.05) is 43.1 Å². The summed E-state index contributed by atoms with van der Waals surface area (Å²) in [6.45, 7) is 3.92. The molecule has 0 saturated carbocycles. The van der Waals surface area contributed by atoms with Crippen LogP contribution < -0.4 is 15.6 Å². The standard InChI is InChI=1S/C18H17BrCl2N2O3/c1-10(2)11-3-6-16(14(19)7-11)26-9-17(24)22-23-18(25)13-5-4-12(20)8-15(13)21/h3-8,10H,9H2,1-2H3,(H,22,24)(H,23,25). The maximum absolute atomic E-state index is 12.0. The van der Waals surface area contributed by atoms with E-state index < -0.39 is 11.8 Å². The molecule has 0 aliphatic heterocycles. The van der Waals surface area contributed by atoms with Crippen molar-refractivity contribution in [1.82, 2.24) is 10.9 Å². The van der Waals surface area contributed by atoms with Crippen molar-refractivity contribution in [3.63, 3.8) is 0 Å². The van der Waals surface area contributed by atoms with Crippen LogP contribution in [0.3, 0.4) is 0 Å². The van der Waals surface area contributed by atoms with Gasteiger partial charge in [0.2, 0.25) is 0 Å². The average molecular weight is 460 g/mol. The van der Waals surface area contributed by atoms with E-state index >= 15 is 0 Å². The van der Waals surface area contributed by atoms with E-state index in [0.717, 1.165) is 10.0 Å². The Morgan fingerprint density at radius 3 is 2.46 bits per heavy atom. The number of rotatable bonds is 5. The van der Waals surface area contributed by atoms with Gasteiger partial charge in [0.1, 0.15) is 5.75 Å². The predicted molar refractivity (Wildman–Crippen MR) is 106 cm³/mol. The number of benzene rings is 2. The topological polar surface area (TPSA) is 67.4 Å². The van der Waals surface area contributed by atoms with Crippen LogP contribution in [0.4, 0.5) is 0 Å². The Morgan fingerprint density at radius 1 is 1.12 bits per heavy atom. The van der Waals surface area contributed by atoms with Gasteiger partial charge in [-0.3, -0.25) is 20.4 Å². The van der Waals surface area contributed by atoms with Crippen molar-refractivity contribution < 1.29 is 14.3 Å². The Morgan fingerprint density at radius 2 is 1.85 bits per heavy atom. The van der Waals surface area contributed by atoms with Gasteiger partial charge in [0.25, 0.3) is 11.8 Å². The van der Waals surface area contributed by atoms with E-state index in [1.807, 2.05) is 12.1 Å². The van der Waals surface area contributed by atoms with E-state index in [9.17, 15) is 9.59 Å². The number of hydrogen-bond acceptors (Lipinski definition) is 3. The summed E-state index contributed by atoms with van der Waals surface area (Å²) in [4.78, 5) is 23.9. The first-order chi connectivity index (χ1) is 12.3. The van der Waals surface area contributed by atoms with Crippen LogP contribution in [-0.2, 0) is 4.79 Å². The number of carbonyl (C=O) groups excluding carboxylic acids is 2. The molecule has 0 spiro atoms. The van der Waals surface area contributed by atoms with Crippen LogP contribution in [0.2, 0.25) is 10.0 Å². The molecule has 2 N–H and O–H groups in total. The fourth-order valence-electron chi connectivity index (χ4n) is 2.04. The van der Waals surface area contributed by atoms with Gasteiger partial charge in [0.05, 0.1) is 15.1 Å². The summed E-state index contributed by atoms with van der Waals surface area (Å²) in [5.74, 6) is -0.138. The Balaban J connectivity index is 1.86. The van der Waals surface area contributed by atoms with E-state index in [2.05, 4.69) is 40.6 Å². The van der Waals surface area contributed by atoms with Crippen LogP contribution >= 0.6 is 39.1 Å². The van der Waals surface area contributed by atoms with E-state index in [1.165, 1.54) is 18.2 Å². The van der Waals surface area contributed by atoms with Crippen LogP contribution in [-0.4, -0.2) is 18.4 Å². The zero-order valence-corrected chi connectivity index (χ0v) is 17.2. The maximum Gasteiger partial charge on any atom is 0.276 e. The quantitative estimate of drug-likeness (QED) is 0.635. The second-order valence-corrected chi connectivity index (χ2v) is 7.46. The highest BCUT2D eigenvalue weighted by atomic mass is 79.9. The molecular formula is C18H17BrCl2N2O3. The van der Waals surface area contributed by atoms with Crippen molar-refractivity contribution in [3.8, 4) is 5.75 Å². The van der Waals surface area contributed by atoms with Gasteiger partial charge in [-0.05, 0) is 57.7 Å². The number of hydrogen-bond donors (Lipinski definition) is 2. The Hall–Kier alpha value is -1.76. The van der Waals surface area contributed by atoms with Crippen molar-refractivity contribution in [3.05, 3.63) is 62.0 Å². The molecule has 5 nitrogen and oxygen atoms in total. The molecule has 2 amide bonds. The van der Waals surface area contributed by atoms with Crippen molar-refractivity contribution >= 4 is 50.9 Å². The fourth-order valence-corrected chi connectivity index (χ4v) is 3.05. The Bertz CT molecular complexity index is 828. The number of hydrazine groups is 1. The minimum absolute atomic E-state index is 0.190. The number of nitrogens with one attached hydrogen (secondary N) is 2. The predicted octanol–water partition coefficient (Wildman–Crippen LogP) is 4.72. The molecule has 0 fully saturated rings. The molecule has 0 aromatic heterocycles. The highest BCUT2D eigenvalue weighted by molar-refractivity contribution is 9.10. The molecule has 0 radical (unpaired) electrons. The molecule has 0 atom stereocenters. The van der Waals surface area contributed by atoms with Gasteiger partial charge in [0.15, 0.2) is 6.61 Å². The van der Waals surface area contributed by atoms with Crippen molar-refractivity contribution in [1.29, 1.82) is 0 Å². The Labute approximate surface area is 170 Å². The number of amides is 2. The number of carbonyl (C=O) groups is 2. The van der Waals surface area contributed by atoms with Crippen LogP contribution in [0.15, 0.2) is 40.9 Å². The largest absolute Gasteiger partial charge is 0.483 e. The lowest BCUT2D eigenvalue weighted by Crippen LogP contribution is -2.43. The zero-order valence-electron chi connectivity index (χ0n) is 14.1. The summed E-state index contributed by atoms with van der Waals surface area (Å²) in [5.41, 5.74) is 5.90. The summed E-state index contributed by atoms with van der Waals surface area (Å²) in [6, 6.07) is 10.1. The lowest BCUT2D eigenvalue weighted by Gasteiger charge is -2.12. The van der Waals surface area contributed by atoms with Gasteiger partial charge in [-0.25, -0.2) is 0 Å². The number of ether oxygens (including phenoxy) is 1. The first kappa shape index (κ1) is 20.6. The Kier molecular flexibility index (Phi) is 7.32. The van der Waals surface area contributed by atoms with E-state index in [1.54, 1.807) is 6.07 Å². The van der Waals surface area contributed by atoms with Crippen LogP contribution in [0.1, 0.15) is 35.7 Å². The molecule has 0 saturated heterocycles. The third kappa shape index (κ3) is 5.62. The molecule has 8 heteroatoms. The third-order valence-corrected chi connectivity index (χ3v) is 4.64. The summed E-state index contributed by atoms with van der Waals surface area (Å²) in [7, 11) is 0. The highest BCUT2D eigenvalue weighted by Gasteiger charge is 2.12. The van der Waals surface area contributed by atoms with Gasteiger partial charge >= 0.3 is 0 Å². The molecule has 2 rings (SSSR count). The van der Waals surface area contributed by atoms with Crippen LogP contribution in [0.5, 0.6) is 5.75 Å². The molecular weight excluding hydrogens is 443 g/mol. The monoisotopic (exact) mass is 458 g/mol. The fraction of sp³-hybridized carbons (Fsp3) is 0.222. The highest BCUT2D eigenvalue weighted by Crippen LogP contribution is 2.28. The van der Waals surface area contributed by atoms with E-state index in [-0.39, 0.29) is 17.2 Å². The molecule has 2 aromatic rings. The summed E-state index contributed by atoms with van der Waals surface area (Å²) < 4.78 is 6.21. The summed E-state index contributed by atoms with van der Waals surface area (Å²) >= 11 is 15.1. The molecule has 0 unspecified atom stereocenters. The van der Waals surface area contributed by atoms with E-state index in [0.29, 0.717) is 16.7 Å². The van der Waals surface area contributed by atoms with Gasteiger partial charge in [0, 0.05) is 5.02 Å². The average Bonchev–Trinajstić information content (AvgIpc) is 2.58. The van der Waals surface area contributed by atoms with Gasteiger partial charge in [-0.15, -0.1) is 0 Å². The zero-order chi connectivity index (χ0) is 19.3. The van der Waals surface area contributed by atoms with Gasteiger partial charge < -0.3 is 4.74 Å². The SMILES string of the molecule is CC(C)c1ccc(OCC(=O)NNC(=O)c2ccc(Cl)cc2Cl)c(Br)c1. The molecule has 0 bridgehead atoms. The normalized spacial score (nSPS) is 10.5. The second kappa shape index (κ2) is 9.26. The minimum atomic E-state index is -0.553. The molecule has 138 valence electrons. The first-order valence-electron chi connectivity index (χ1n) is 7.74. The van der Waals surface area contributed by atoms with Gasteiger partial charge in [-0.2, -0.15) is 0 Å². The molecule has 0 aliphatic rings. The maximum atomic E-state index is 12.0. The summed E-state index contributed by atoms with van der Waals surface area (Å²) in [5, 5.41) is 0.604. The molecule has 26 heavy (non-hydrogen) atoms.